The molecule has 0 aliphatic carbocycles. The van der Waals surface area contributed by atoms with Crippen LogP contribution in [0, 0.1) is 0 Å². The lowest BCUT2D eigenvalue weighted by Crippen LogP contribution is -2.49. The first-order chi connectivity index (χ1) is 15.1. The molecule has 2 aliphatic heterocycles. The predicted molar refractivity (Wildman–Crippen MR) is 112 cm³/mol. The number of hydrogen-bond donors (Lipinski definition) is 0. The highest BCUT2D eigenvalue weighted by Gasteiger charge is 2.37. The van der Waals surface area contributed by atoms with Crippen LogP contribution in [0.25, 0.3) is 0 Å². The van der Waals surface area contributed by atoms with Gasteiger partial charge in [0.1, 0.15) is 5.82 Å². The van der Waals surface area contributed by atoms with Crippen LogP contribution in [0.2, 0.25) is 0 Å². The molecule has 1 aromatic carbocycles. The van der Waals surface area contributed by atoms with E-state index < -0.39 is 11.8 Å². The molecule has 9 heteroatoms. The fraction of sp³-hybridized carbons (Fsp3) is 0.182. The fourth-order valence-corrected chi connectivity index (χ4v) is 3.84. The summed E-state index contributed by atoms with van der Waals surface area (Å²) in [7, 11) is 0. The lowest BCUT2D eigenvalue weighted by atomic mass is 10.1. The van der Waals surface area contributed by atoms with Crippen molar-refractivity contribution >= 4 is 29.2 Å². The largest absolute Gasteiger partial charge is 0.353 e. The van der Waals surface area contributed by atoms with Gasteiger partial charge in [0.05, 0.1) is 29.2 Å². The first kappa shape index (κ1) is 18.9. The van der Waals surface area contributed by atoms with E-state index in [1.807, 2.05) is 18.2 Å². The molecule has 154 valence electrons. The monoisotopic (exact) mass is 414 g/mol. The van der Waals surface area contributed by atoms with Crippen LogP contribution in [-0.4, -0.2) is 64.0 Å². The summed E-state index contributed by atoms with van der Waals surface area (Å²) in [5.74, 6) is -0.0625. The Morgan fingerprint density at radius 3 is 2.03 bits per heavy atom. The molecule has 31 heavy (non-hydrogen) atoms. The van der Waals surface area contributed by atoms with Gasteiger partial charge in [0.15, 0.2) is 0 Å². The lowest BCUT2D eigenvalue weighted by molar-refractivity contribution is 0.0746. The summed E-state index contributed by atoms with van der Waals surface area (Å²) in [6.45, 7) is 2.60. The van der Waals surface area contributed by atoms with Crippen LogP contribution in [0.5, 0.6) is 0 Å². The van der Waals surface area contributed by atoms with Crippen molar-refractivity contribution in [3.05, 3.63) is 77.7 Å². The van der Waals surface area contributed by atoms with E-state index in [-0.39, 0.29) is 17.0 Å². The van der Waals surface area contributed by atoms with Crippen molar-refractivity contribution in [1.29, 1.82) is 0 Å². The summed E-state index contributed by atoms with van der Waals surface area (Å²) in [5.41, 5.74) is 1.37. The number of fused-ring (bicyclic) bond motifs is 1. The van der Waals surface area contributed by atoms with Gasteiger partial charge in [0.2, 0.25) is 0 Å². The number of piperazine rings is 1. The van der Waals surface area contributed by atoms with E-state index in [4.69, 9.17) is 0 Å². The van der Waals surface area contributed by atoms with Gasteiger partial charge in [0, 0.05) is 37.9 Å². The average Bonchev–Trinajstić information content (AvgIpc) is 3.09. The molecule has 9 nitrogen and oxygen atoms in total. The van der Waals surface area contributed by atoms with Crippen molar-refractivity contribution in [2.45, 2.75) is 0 Å². The molecule has 5 rings (SSSR count). The number of imide groups is 1. The van der Waals surface area contributed by atoms with Gasteiger partial charge in [-0.2, -0.15) is 10.2 Å². The third kappa shape index (κ3) is 3.29. The molecule has 0 N–H and O–H groups in total. The molecule has 3 amide bonds. The number of nitrogens with zero attached hydrogens (tertiary/aromatic N) is 6. The van der Waals surface area contributed by atoms with Crippen molar-refractivity contribution in [3.8, 4) is 0 Å². The molecular weight excluding hydrogens is 396 g/mol. The minimum absolute atomic E-state index is 0.0806. The van der Waals surface area contributed by atoms with Crippen LogP contribution in [0.15, 0.2) is 61.1 Å². The zero-order valence-electron chi connectivity index (χ0n) is 16.5. The summed E-state index contributed by atoms with van der Waals surface area (Å²) < 4.78 is 0. The molecule has 0 bridgehead atoms. The highest BCUT2D eigenvalue weighted by atomic mass is 16.2. The molecule has 4 heterocycles. The smallest absolute Gasteiger partial charge is 0.267 e. The van der Waals surface area contributed by atoms with E-state index in [1.54, 1.807) is 35.4 Å². The van der Waals surface area contributed by atoms with Crippen LogP contribution < -0.4 is 9.80 Å². The Bertz CT molecular complexity index is 1120. The van der Waals surface area contributed by atoms with Gasteiger partial charge in [-0.3, -0.25) is 14.4 Å². The number of carbonyl (C=O) groups is 3. The molecule has 3 aromatic rings. The Balaban J connectivity index is 1.27. The van der Waals surface area contributed by atoms with Crippen LogP contribution in [0.1, 0.15) is 31.1 Å². The summed E-state index contributed by atoms with van der Waals surface area (Å²) in [5, 5.41) is 7.35. The quantitative estimate of drug-likeness (QED) is 0.601. The van der Waals surface area contributed by atoms with E-state index in [0.29, 0.717) is 37.4 Å². The van der Waals surface area contributed by atoms with Crippen molar-refractivity contribution in [2.75, 3.05) is 36.0 Å². The zero-order chi connectivity index (χ0) is 21.4. The SMILES string of the molecule is O=C(c1ccc(N2C(=O)c3cnncc3C2=O)cc1)N1CCN(c2ccccn2)CC1. The molecule has 2 aliphatic rings. The third-order valence-corrected chi connectivity index (χ3v) is 5.51. The minimum atomic E-state index is -0.445. The van der Waals surface area contributed by atoms with Gasteiger partial charge < -0.3 is 9.80 Å². The van der Waals surface area contributed by atoms with E-state index in [1.165, 1.54) is 12.4 Å². The van der Waals surface area contributed by atoms with Gasteiger partial charge in [-0.15, -0.1) is 0 Å². The molecular formula is C22H18N6O3. The van der Waals surface area contributed by atoms with Crippen LogP contribution in [0.4, 0.5) is 11.5 Å². The van der Waals surface area contributed by atoms with Gasteiger partial charge in [-0.25, -0.2) is 9.88 Å². The summed E-state index contributed by atoms with van der Waals surface area (Å²) in [4.78, 5) is 47.4. The van der Waals surface area contributed by atoms with Crippen LogP contribution >= 0.6 is 0 Å². The normalized spacial score (nSPS) is 15.9. The Morgan fingerprint density at radius 2 is 1.45 bits per heavy atom. The van der Waals surface area contributed by atoms with Gasteiger partial charge in [-0.05, 0) is 36.4 Å². The standard InChI is InChI=1S/C22H18N6O3/c29-20(27-11-9-26(10-12-27)19-3-1-2-8-23-19)15-4-6-16(7-5-15)28-21(30)17-13-24-25-14-18(17)22(28)31/h1-8,13-14H,9-12H2. The van der Waals surface area contributed by atoms with Crippen LogP contribution in [-0.2, 0) is 0 Å². The second-order valence-electron chi connectivity index (χ2n) is 7.28. The van der Waals surface area contributed by atoms with Crippen molar-refractivity contribution < 1.29 is 14.4 Å². The molecule has 0 spiro atoms. The molecule has 2 aromatic heterocycles. The maximum atomic E-state index is 12.9. The number of hydrogen-bond acceptors (Lipinski definition) is 7. The van der Waals surface area contributed by atoms with E-state index in [2.05, 4.69) is 20.1 Å². The van der Waals surface area contributed by atoms with Crippen molar-refractivity contribution in [3.63, 3.8) is 0 Å². The fourth-order valence-electron chi connectivity index (χ4n) is 3.84. The Hall–Kier alpha value is -4.14. The maximum absolute atomic E-state index is 12.9. The molecule has 1 saturated heterocycles. The molecule has 0 saturated carbocycles. The van der Waals surface area contributed by atoms with Crippen molar-refractivity contribution in [1.82, 2.24) is 20.1 Å². The number of rotatable bonds is 3. The summed E-state index contributed by atoms with van der Waals surface area (Å²) in [6, 6.07) is 12.3. The molecule has 0 unspecified atom stereocenters. The molecule has 0 atom stereocenters. The first-order valence-corrected chi connectivity index (χ1v) is 9.88. The second kappa shape index (κ2) is 7.60. The number of pyridine rings is 1. The maximum Gasteiger partial charge on any atom is 0.267 e. The number of anilines is 2. The highest BCUT2D eigenvalue weighted by molar-refractivity contribution is 6.34. The number of benzene rings is 1. The van der Waals surface area contributed by atoms with Gasteiger partial charge >= 0.3 is 0 Å². The Morgan fingerprint density at radius 1 is 0.806 bits per heavy atom. The Labute approximate surface area is 177 Å². The highest BCUT2D eigenvalue weighted by Crippen LogP contribution is 2.27. The van der Waals surface area contributed by atoms with Gasteiger partial charge in [-0.1, -0.05) is 6.07 Å². The van der Waals surface area contributed by atoms with E-state index in [0.717, 1.165) is 10.7 Å². The van der Waals surface area contributed by atoms with E-state index in [9.17, 15) is 14.4 Å². The summed E-state index contributed by atoms with van der Waals surface area (Å²) >= 11 is 0. The number of aromatic nitrogens is 3. The minimum Gasteiger partial charge on any atom is -0.353 e. The average molecular weight is 414 g/mol. The second-order valence-corrected chi connectivity index (χ2v) is 7.28. The lowest BCUT2D eigenvalue weighted by Gasteiger charge is -2.35. The van der Waals surface area contributed by atoms with Gasteiger partial charge in [0.25, 0.3) is 17.7 Å². The van der Waals surface area contributed by atoms with Crippen molar-refractivity contribution in [2.24, 2.45) is 0 Å². The third-order valence-electron chi connectivity index (χ3n) is 5.51. The number of carbonyl (C=O) groups excluding carboxylic acids is 3. The Kier molecular flexibility index (Phi) is 4.62. The first-order valence-electron chi connectivity index (χ1n) is 9.88. The molecule has 0 radical (unpaired) electrons. The molecule has 1 fully saturated rings. The van der Waals surface area contributed by atoms with Crippen LogP contribution in [0.3, 0.4) is 0 Å². The predicted octanol–water partition coefficient (Wildman–Crippen LogP) is 1.63. The zero-order valence-corrected chi connectivity index (χ0v) is 16.5. The number of amides is 3. The van der Waals surface area contributed by atoms with E-state index >= 15 is 0 Å². The topological polar surface area (TPSA) is 99.6 Å². The summed E-state index contributed by atoms with van der Waals surface area (Å²) in [6.07, 6.45) is 4.34.